The molecule has 0 amide bonds. The van der Waals surface area contributed by atoms with Crippen LogP contribution in [0.1, 0.15) is 27.7 Å². The van der Waals surface area contributed by atoms with Gasteiger partial charge < -0.3 is 14.6 Å². The zero-order valence-corrected chi connectivity index (χ0v) is 9.06. The summed E-state index contributed by atoms with van der Waals surface area (Å²) in [5.41, 5.74) is 0. The highest BCUT2D eigenvalue weighted by molar-refractivity contribution is 5.66. The van der Waals surface area contributed by atoms with Crippen molar-refractivity contribution in [2.24, 2.45) is 11.8 Å². The molecule has 4 heteroatoms. The summed E-state index contributed by atoms with van der Waals surface area (Å²) < 4.78 is 10.3. The smallest absolute Gasteiger partial charge is 0.303 e. The number of aliphatic hydroxyl groups is 1. The SMILES string of the molecule is CC(=O)OC1C(O)OC(C)[C@@H](C)[C@@H]1C. The van der Waals surface area contributed by atoms with Crippen LogP contribution in [0.2, 0.25) is 0 Å². The van der Waals surface area contributed by atoms with E-state index in [0.717, 1.165) is 0 Å². The highest BCUT2D eigenvalue weighted by atomic mass is 16.6. The molecule has 14 heavy (non-hydrogen) atoms. The summed E-state index contributed by atoms with van der Waals surface area (Å²) in [6.07, 6.45) is -1.55. The average Bonchev–Trinajstić information content (AvgIpc) is 2.09. The van der Waals surface area contributed by atoms with E-state index in [1.807, 2.05) is 20.8 Å². The molecule has 1 rings (SSSR count). The van der Waals surface area contributed by atoms with E-state index in [2.05, 4.69) is 0 Å². The average molecular weight is 202 g/mol. The molecule has 1 N–H and O–H groups in total. The van der Waals surface area contributed by atoms with E-state index in [0.29, 0.717) is 0 Å². The van der Waals surface area contributed by atoms with E-state index in [1.165, 1.54) is 6.92 Å². The van der Waals surface area contributed by atoms with Gasteiger partial charge in [0.2, 0.25) is 0 Å². The molecule has 0 radical (unpaired) electrons. The maximum absolute atomic E-state index is 10.8. The molecule has 4 nitrogen and oxygen atoms in total. The molecule has 0 spiro atoms. The molecule has 5 atom stereocenters. The molecule has 0 saturated carbocycles. The van der Waals surface area contributed by atoms with Crippen molar-refractivity contribution < 1.29 is 19.4 Å². The maximum atomic E-state index is 10.8. The van der Waals surface area contributed by atoms with Crippen LogP contribution in [0.5, 0.6) is 0 Å². The summed E-state index contributed by atoms with van der Waals surface area (Å²) in [7, 11) is 0. The Bertz CT molecular complexity index is 216. The van der Waals surface area contributed by atoms with Crippen LogP contribution in [0.15, 0.2) is 0 Å². The third-order valence-electron chi connectivity index (χ3n) is 3.03. The molecule has 1 aliphatic heterocycles. The van der Waals surface area contributed by atoms with Gasteiger partial charge in [0.25, 0.3) is 0 Å². The highest BCUT2D eigenvalue weighted by Gasteiger charge is 2.40. The molecule has 82 valence electrons. The fourth-order valence-corrected chi connectivity index (χ4v) is 1.76. The summed E-state index contributed by atoms with van der Waals surface area (Å²) in [6.45, 7) is 7.23. The highest BCUT2D eigenvalue weighted by Crippen LogP contribution is 2.31. The fraction of sp³-hybridized carbons (Fsp3) is 0.900. The number of hydrogen-bond donors (Lipinski definition) is 1. The Hall–Kier alpha value is -0.610. The minimum Gasteiger partial charge on any atom is -0.457 e. The number of carbonyl (C=O) groups is 1. The summed E-state index contributed by atoms with van der Waals surface area (Å²) in [5, 5.41) is 9.58. The topological polar surface area (TPSA) is 55.8 Å². The number of carbonyl (C=O) groups excluding carboxylic acids is 1. The third-order valence-corrected chi connectivity index (χ3v) is 3.03. The largest absolute Gasteiger partial charge is 0.457 e. The Labute approximate surface area is 84.2 Å². The maximum Gasteiger partial charge on any atom is 0.303 e. The molecule has 0 aliphatic carbocycles. The van der Waals surface area contributed by atoms with Gasteiger partial charge in [0.05, 0.1) is 6.10 Å². The summed E-state index contributed by atoms with van der Waals surface area (Å²) in [4.78, 5) is 10.8. The van der Waals surface area contributed by atoms with Crippen molar-refractivity contribution >= 4 is 5.97 Å². The molecule has 0 aromatic heterocycles. The molecular formula is C10H18O4. The first-order valence-corrected chi connectivity index (χ1v) is 4.94. The van der Waals surface area contributed by atoms with Crippen molar-refractivity contribution in [3.8, 4) is 0 Å². The first kappa shape index (κ1) is 11.5. The Kier molecular flexibility index (Phi) is 3.50. The first-order chi connectivity index (χ1) is 6.43. The molecule has 1 saturated heterocycles. The van der Waals surface area contributed by atoms with Crippen LogP contribution >= 0.6 is 0 Å². The van der Waals surface area contributed by atoms with Crippen LogP contribution in [0.25, 0.3) is 0 Å². The lowest BCUT2D eigenvalue weighted by molar-refractivity contribution is -0.253. The van der Waals surface area contributed by atoms with Crippen molar-refractivity contribution in [2.75, 3.05) is 0 Å². The molecule has 0 bridgehead atoms. The molecule has 0 aromatic rings. The number of aliphatic hydroxyl groups excluding tert-OH is 1. The molecule has 1 aliphatic rings. The van der Waals surface area contributed by atoms with Crippen LogP contribution in [0.3, 0.4) is 0 Å². The van der Waals surface area contributed by atoms with E-state index in [9.17, 15) is 9.90 Å². The van der Waals surface area contributed by atoms with Crippen LogP contribution in [-0.4, -0.2) is 29.6 Å². The third kappa shape index (κ3) is 2.25. The van der Waals surface area contributed by atoms with Gasteiger partial charge in [-0.25, -0.2) is 0 Å². The number of rotatable bonds is 1. The predicted octanol–water partition coefficient (Wildman–Crippen LogP) is 0.927. The van der Waals surface area contributed by atoms with Gasteiger partial charge in [-0.1, -0.05) is 13.8 Å². The molecular weight excluding hydrogens is 184 g/mol. The zero-order valence-electron chi connectivity index (χ0n) is 9.06. The van der Waals surface area contributed by atoms with Crippen molar-refractivity contribution in [1.29, 1.82) is 0 Å². The second kappa shape index (κ2) is 4.28. The van der Waals surface area contributed by atoms with Gasteiger partial charge in [-0.15, -0.1) is 0 Å². The Morgan fingerprint density at radius 2 is 1.86 bits per heavy atom. The Balaban J connectivity index is 2.68. The van der Waals surface area contributed by atoms with E-state index in [-0.39, 0.29) is 23.9 Å². The zero-order chi connectivity index (χ0) is 10.9. The molecule has 1 fully saturated rings. The van der Waals surface area contributed by atoms with Crippen LogP contribution in [-0.2, 0) is 14.3 Å². The molecule has 3 unspecified atom stereocenters. The van der Waals surface area contributed by atoms with Gasteiger partial charge in [-0.2, -0.15) is 0 Å². The van der Waals surface area contributed by atoms with E-state index in [4.69, 9.17) is 9.47 Å². The summed E-state index contributed by atoms with van der Waals surface area (Å²) in [5.74, 6) is -0.00773. The second-order valence-corrected chi connectivity index (χ2v) is 4.02. The Morgan fingerprint density at radius 1 is 1.29 bits per heavy atom. The van der Waals surface area contributed by atoms with E-state index < -0.39 is 12.4 Å². The van der Waals surface area contributed by atoms with E-state index in [1.54, 1.807) is 0 Å². The van der Waals surface area contributed by atoms with E-state index >= 15 is 0 Å². The number of hydrogen-bond acceptors (Lipinski definition) is 4. The van der Waals surface area contributed by atoms with Gasteiger partial charge in [0.15, 0.2) is 12.4 Å². The quantitative estimate of drug-likeness (QED) is 0.643. The summed E-state index contributed by atoms with van der Waals surface area (Å²) in [6, 6.07) is 0. The second-order valence-electron chi connectivity index (χ2n) is 4.02. The predicted molar refractivity (Wildman–Crippen MR) is 50.4 cm³/mol. The van der Waals surface area contributed by atoms with Crippen molar-refractivity contribution in [1.82, 2.24) is 0 Å². The lowest BCUT2D eigenvalue weighted by Gasteiger charge is -2.40. The minimum atomic E-state index is -1.000. The number of ether oxygens (including phenoxy) is 2. The van der Waals surface area contributed by atoms with Crippen LogP contribution in [0, 0.1) is 11.8 Å². The first-order valence-electron chi connectivity index (χ1n) is 4.94. The summed E-state index contributed by atoms with van der Waals surface area (Å²) >= 11 is 0. The lowest BCUT2D eigenvalue weighted by atomic mass is 9.84. The van der Waals surface area contributed by atoms with Gasteiger partial charge in [-0.05, 0) is 12.8 Å². The molecule has 0 aromatic carbocycles. The monoisotopic (exact) mass is 202 g/mol. The van der Waals surface area contributed by atoms with Crippen molar-refractivity contribution in [2.45, 2.75) is 46.2 Å². The standard InChI is InChI=1S/C10H18O4/c1-5-6(2)9(14-8(4)11)10(12)13-7(5)3/h5-7,9-10,12H,1-4H3/t5-,6-,7?,9?,10?/m0/s1. The normalized spacial score (nSPS) is 43.4. The van der Waals surface area contributed by atoms with Gasteiger partial charge in [0, 0.05) is 12.8 Å². The van der Waals surface area contributed by atoms with Crippen molar-refractivity contribution in [3.63, 3.8) is 0 Å². The van der Waals surface area contributed by atoms with Crippen LogP contribution < -0.4 is 0 Å². The Morgan fingerprint density at radius 3 is 2.36 bits per heavy atom. The molecule has 1 heterocycles. The van der Waals surface area contributed by atoms with Crippen LogP contribution in [0.4, 0.5) is 0 Å². The minimum absolute atomic E-state index is 0.00759. The van der Waals surface area contributed by atoms with Gasteiger partial charge >= 0.3 is 5.97 Å². The van der Waals surface area contributed by atoms with Gasteiger partial charge in [-0.3, -0.25) is 4.79 Å². The van der Waals surface area contributed by atoms with Gasteiger partial charge in [0.1, 0.15) is 0 Å². The van der Waals surface area contributed by atoms with Crippen molar-refractivity contribution in [3.05, 3.63) is 0 Å². The lowest BCUT2D eigenvalue weighted by Crippen LogP contribution is -2.49. The number of esters is 1. The fourth-order valence-electron chi connectivity index (χ4n) is 1.76.